The molecule has 0 atom stereocenters. The minimum absolute atomic E-state index is 0.750. The van der Waals surface area contributed by atoms with Crippen molar-refractivity contribution in [1.29, 1.82) is 0 Å². The number of benzene rings is 2. The molecule has 136 valence electrons. The van der Waals surface area contributed by atoms with Crippen LogP contribution in [0.15, 0.2) is 72.8 Å². The number of fused-ring (bicyclic) bond motifs is 2. The summed E-state index contributed by atoms with van der Waals surface area (Å²) in [5, 5.41) is 21.9. The summed E-state index contributed by atoms with van der Waals surface area (Å²) in [5.41, 5.74) is 2.81. The number of rotatable bonds is 0. The predicted molar refractivity (Wildman–Crippen MR) is 109 cm³/mol. The van der Waals surface area contributed by atoms with E-state index in [1.54, 1.807) is 0 Å². The molecule has 0 spiro atoms. The van der Waals surface area contributed by atoms with Crippen LogP contribution in [0.5, 0.6) is 0 Å². The summed E-state index contributed by atoms with van der Waals surface area (Å²) in [4.78, 5) is 0. The van der Waals surface area contributed by atoms with Crippen molar-refractivity contribution in [2.24, 2.45) is 0 Å². The zero-order valence-electron chi connectivity index (χ0n) is 16.0. The van der Waals surface area contributed by atoms with Crippen molar-refractivity contribution in [2.45, 2.75) is 13.8 Å². The Bertz CT molecular complexity index is 834. The molecule has 0 radical (unpaired) electrons. The molecule has 0 aliphatic heterocycles. The number of hydrogen-bond donors (Lipinski definition) is 0. The first-order valence-electron chi connectivity index (χ1n) is 8.15. The molecule has 4 rings (SSSR count). The van der Waals surface area contributed by atoms with Crippen molar-refractivity contribution in [3.63, 3.8) is 0 Å². The van der Waals surface area contributed by atoms with E-state index in [-0.39, 0.29) is 0 Å². The van der Waals surface area contributed by atoms with Crippen LogP contribution >= 0.6 is 0 Å². The summed E-state index contributed by atoms with van der Waals surface area (Å²) in [6.07, 6.45) is 0. The average molecular weight is 398 g/mol. The van der Waals surface area contributed by atoms with Gasteiger partial charge in [-0.05, 0) is 0 Å². The Labute approximate surface area is 170 Å². The largest absolute Gasteiger partial charge is 0.168 e. The third kappa shape index (κ3) is 7.02. The van der Waals surface area contributed by atoms with E-state index in [9.17, 15) is 0 Å². The van der Waals surface area contributed by atoms with Crippen LogP contribution in [0.25, 0.3) is 21.5 Å². The molecule has 0 aromatic heterocycles. The van der Waals surface area contributed by atoms with Gasteiger partial charge in [0.2, 0.25) is 0 Å². The fourth-order valence-corrected chi connectivity index (χ4v) is 2.59. The second kappa shape index (κ2) is 14.7. The van der Waals surface area contributed by atoms with Crippen LogP contribution in [0.2, 0.25) is 0 Å². The molecule has 0 amide bonds. The van der Waals surface area contributed by atoms with Crippen molar-refractivity contribution in [2.75, 3.05) is 14.2 Å². The third-order valence-electron chi connectivity index (χ3n) is 3.88. The van der Waals surface area contributed by atoms with Gasteiger partial charge >= 0.3 is 26.8 Å². The summed E-state index contributed by atoms with van der Waals surface area (Å²) < 4.78 is 0. The first-order valence-corrected chi connectivity index (χ1v) is 12.2. The predicted octanol–water partition coefficient (Wildman–Crippen LogP) is 2.77. The van der Waals surface area contributed by atoms with Crippen LogP contribution < -0.4 is 10.2 Å². The van der Waals surface area contributed by atoms with E-state index in [4.69, 9.17) is 10.2 Å². The van der Waals surface area contributed by atoms with Gasteiger partial charge in [0.25, 0.3) is 0 Å². The maximum atomic E-state index is 8.25. The molecule has 0 saturated carbocycles. The summed E-state index contributed by atoms with van der Waals surface area (Å²) in [7, 11) is 3.36. The van der Waals surface area contributed by atoms with Crippen molar-refractivity contribution in [3.05, 3.63) is 83.9 Å². The van der Waals surface area contributed by atoms with Crippen LogP contribution in [0.3, 0.4) is 0 Å². The quantitative estimate of drug-likeness (QED) is 0.338. The van der Waals surface area contributed by atoms with E-state index in [2.05, 4.69) is 86.6 Å². The monoisotopic (exact) mass is 398 g/mol. The van der Waals surface area contributed by atoms with Gasteiger partial charge in [0.15, 0.2) is 0 Å². The summed E-state index contributed by atoms with van der Waals surface area (Å²) in [6, 6.07) is 25.4. The van der Waals surface area contributed by atoms with E-state index in [1.165, 1.54) is 32.7 Å². The van der Waals surface area contributed by atoms with E-state index in [1.807, 2.05) is 26.8 Å². The Morgan fingerprint density at radius 1 is 0.769 bits per heavy atom. The molecular formula is C22H26O2SiTi-2. The normalized spacial score (nSPS) is 8.77. The average Bonchev–Trinajstić information content (AvgIpc) is 3.32. The van der Waals surface area contributed by atoms with Crippen LogP contribution in [-0.4, -0.2) is 21.9 Å². The Morgan fingerprint density at radius 3 is 1.88 bits per heavy atom. The molecule has 4 heteroatoms. The number of hydrogen-bond acceptors (Lipinski definition) is 2. The number of aryl methyl sites for hydroxylation is 2. The minimum Gasteiger partial charge on any atom is -0.168 e. The van der Waals surface area contributed by atoms with E-state index < -0.39 is 0 Å². The van der Waals surface area contributed by atoms with Gasteiger partial charge in [0, 0.05) is 0 Å². The molecule has 0 aliphatic rings. The Balaban J connectivity index is 0.000000378. The first-order chi connectivity index (χ1) is 12.8. The second-order valence-electron chi connectivity index (χ2n) is 5.19. The maximum absolute atomic E-state index is 8.25. The zero-order chi connectivity index (χ0) is 19.9. The molecular weight excluding hydrogens is 372 g/mol. The fourth-order valence-electron chi connectivity index (χ4n) is 2.59. The third-order valence-corrected chi connectivity index (χ3v) is 3.88. The molecule has 0 bridgehead atoms. The molecule has 0 aliphatic carbocycles. The molecule has 0 saturated heterocycles. The minimum atomic E-state index is 0.750. The van der Waals surface area contributed by atoms with Crippen LogP contribution in [0, 0.1) is 13.8 Å². The SMILES string of the molecule is C[O-].C[O-].Cc1[cH-]c2ccccc2c1C.[SiH2]=[Ti+2].c1ccc2[cH-]ccc2c1. The van der Waals surface area contributed by atoms with Crippen molar-refractivity contribution in [1.82, 2.24) is 0 Å². The summed E-state index contributed by atoms with van der Waals surface area (Å²) in [5.74, 6) is 0. The van der Waals surface area contributed by atoms with Crippen molar-refractivity contribution < 1.29 is 29.4 Å². The molecule has 0 unspecified atom stereocenters. The van der Waals surface area contributed by atoms with Crippen LogP contribution in [0.1, 0.15) is 11.1 Å². The van der Waals surface area contributed by atoms with E-state index in [0.29, 0.717) is 0 Å². The smallest absolute Gasteiger partial charge is 0.0809 e. The molecule has 0 heterocycles. The van der Waals surface area contributed by atoms with Gasteiger partial charge < -0.3 is 10.2 Å². The molecule has 26 heavy (non-hydrogen) atoms. The van der Waals surface area contributed by atoms with Gasteiger partial charge in [0.1, 0.15) is 0 Å². The molecule has 4 aromatic rings. The second-order valence-corrected chi connectivity index (χ2v) is 5.19. The topological polar surface area (TPSA) is 46.1 Å². The molecule has 4 aromatic carbocycles. The van der Waals surface area contributed by atoms with Gasteiger partial charge in [-0.1, -0.05) is 26.0 Å². The maximum Gasteiger partial charge on any atom is -0.0809 e. The van der Waals surface area contributed by atoms with Gasteiger partial charge in [0.05, 0.1) is 0 Å². The summed E-state index contributed by atoms with van der Waals surface area (Å²) >= 11 is 2.03. The molecule has 0 fully saturated rings. The Hall–Kier alpha value is -1.49. The van der Waals surface area contributed by atoms with E-state index >= 15 is 0 Å². The summed E-state index contributed by atoms with van der Waals surface area (Å²) in [6.45, 7) is 4.34. The Morgan fingerprint density at radius 2 is 1.31 bits per heavy atom. The van der Waals surface area contributed by atoms with Crippen LogP contribution in [0.4, 0.5) is 0 Å². The standard InChI is InChI=1S/C11H11.C9H7.2CH3O.H2Si.Ti/c1-8-7-10-5-3-4-6-11(10)9(8)2;1-2-5-9-7-3-6-8(9)4-1;2*1-2;;/h3-7H,1-2H3;1-7H;2*1H3;1H2;/q4*-1;;+2. The van der Waals surface area contributed by atoms with Crippen LogP contribution in [-0.2, 0) is 19.2 Å². The van der Waals surface area contributed by atoms with Crippen molar-refractivity contribution in [3.8, 4) is 0 Å². The fraction of sp³-hybridized carbons (Fsp3) is 0.182. The van der Waals surface area contributed by atoms with Gasteiger partial charge in [-0.15, -0.1) is 70.3 Å². The Kier molecular flexibility index (Phi) is 13.8. The zero-order valence-corrected chi connectivity index (χ0v) is 18.9. The van der Waals surface area contributed by atoms with Gasteiger partial charge in [-0.2, -0.15) is 37.3 Å². The van der Waals surface area contributed by atoms with E-state index in [0.717, 1.165) is 14.2 Å². The van der Waals surface area contributed by atoms with Gasteiger partial charge in [-0.25, -0.2) is 0 Å². The molecule has 2 nitrogen and oxygen atoms in total. The first kappa shape index (κ1) is 24.5. The van der Waals surface area contributed by atoms with Gasteiger partial charge in [-0.3, -0.25) is 0 Å². The molecule has 0 N–H and O–H groups in total. The van der Waals surface area contributed by atoms with Crippen molar-refractivity contribution >= 4 is 29.2 Å².